The zero-order valence-corrected chi connectivity index (χ0v) is 7.16. The van der Waals surface area contributed by atoms with Crippen LogP contribution in [0.1, 0.15) is 0 Å². The predicted molar refractivity (Wildman–Crippen MR) is 43.8 cm³/mol. The number of halogens is 2. The Morgan fingerprint density at radius 1 is 1.36 bits per heavy atom. The molecular formula is C7H6ClFOS. The molecule has 1 unspecified atom stereocenters. The van der Waals surface area contributed by atoms with Crippen molar-refractivity contribution in [1.82, 2.24) is 0 Å². The van der Waals surface area contributed by atoms with Crippen molar-refractivity contribution in [2.24, 2.45) is 0 Å². The van der Waals surface area contributed by atoms with E-state index in [9.17, 15) is 8.60 Å². The SMILES string of the molecule is O=S(CF)c1ccc(Cl)cc1. The Bertz CT molecular complexity index is 260. The van der Waals surface area contributed by atoms with Crippen LogP contribution in [-0.2, 0) is 10.8 Å². The van der Waals surface area contributed by atoms with Gasteiger partial charge in [0, 0.05) is 9.92 Å². The van der Waals surface area contributed by atoms with Gasteiger partial charge < -0.3 is 0 Å². The first-order valence-electron chi connectivity index (χ1n) is 2.94. The summed E-state index contributed by atoms with van der Waals surface area (Å²) in [6, 6.07) is 5.44. The second-order valence-electron chi connectivity index (χ2n) is 1.91. The smallest absolute Gasteiger partial charge is 0.169 e. The molecule has 1 nitrogen and oxygen atoms in total. The Labute approximate surface area is 71.6 Å². The maximum atomic E-state index is 11.8. The highest BCUT2D eigenvalue weighted by Gasteiger charge is 2.00. The molecule has 0 spiro atoms. The van der Waals surface area contributed by atoms with E-state index in [2.05, 4.69) is 0 Å². The number of alkyl halides is 1. The number of rotatable bonds is 2. The first-order chi connectivity index (χ1) is 5.24. The average molecular weight is 193 g/mol. The molecular weight excluding hydrogens is 187 g/mol. The van der Waals surface area contributed by atoms with Crippen LogP contribution >= 0.6 is 11.6 Å². The molecule has 0 amide bonds. The highest BCUT2D eigenvalue weighted by atomic mass is 35.5. The maximum Gasteiger partial charge on any atom is 0.169 e. The standard InChI is InChI=1S/C7H6ClFOS/c8-6-1-3-7(4-2-6)11(10)5-9/h1-4H,5H2. The minimum absolute atomic E-state index is 0.469. The van der Waals surface area contributed by atoms with Crippen LogP contribution in [0.15, 0.2) is 29.2 Å². The van der Waals surface area contributed by atoms with Crippen LogP contribution in [-0.4, -0.2) is 10.2 Å². The Morgan fingerprint density at radius 3 is 2.36 bits per heavy atom. The van der Waals surface area contributed by atoms with Crippen molar-refractivity contribution >= 4 is 22.4 Å². The van der Waals surface area contributed by atoms with E-state index < -0.39 is 16.8 Å². The molecule has 11 heavy (non-hydrogen) atoms. The highest BCUT2D eigenvalue weighted by molar-refractivity contribution is 7.84. The van der Waals surface area contributed by atoms with Gasteiger partial charge in [-0.1, -0.05) is 11.6 Å². The molecule has 1 aromatic rings. The van der Waals surface area contributed by atoms with Gasteiger partial charge in [0.25, 0.3) is 0 Å². The molecule has 60 valence electrons. The Hall–Kier alpha value is -0.410. The molecule has 4 heteroatoms. The molecule has 0 saturated carbocycles. The van der Waals surface area contributed by atoms with E-state index in [0.717, 1.165) is 0 Å². The lowest BCUT2D eigenvalue weighted by Gasteiger charge is -1.95. The van der Waals surface area contributed by atoms with Crippen LogP contribution in [0, 0.1) is 0 Å². The topological polar surface area (TPSA) is 17.1 Å². The van der Waals surface area contributed by atoms with Gasteiger partial charge in [0.05, 0.1) is 10.8 Å². The first kappa shape index (κ1) is 8.68. The van der Waals surface area contributed by atoms with Crippen molar-refractivity contribution in [3.63, 3.8) is 0 Å². The average Bonchev–Trinajstić information content (AvgIpc) is 2.05. The fourth-order valence-corrected chi connectivity index (χ4v) is 1.34. The van der Waals surface area contributed by atoms with Crippen molar-refractivity contribution in [2.45, 2.75) is 4.90 Å². The summed E-state index contributed by atoms with van der Waals surface area (Å²) in [5.74, 6) is 0. The van der Waals surface area contributed by atoms with Gasteiger partial charge in [-0.15, -0.1) is 0 Å². The number of hydrogen-bond acceptors (Lipinski definition) is 1. The van der Waals surface area contributed by atoms with Crippen molar-refractivity contribution in [2.75, 3.05) is 6.01 Å². The second-order valence-corrected chi connectivity index (χ2v) is 3.73. The quantitative estimate of drug-likeness (QED) is 0.703. The number of hydrogen-bond donors (Lipinski definition) is 0. The normalized spacial score (nSPS) is 12.9. The Kier molecular flexibility index (Phi) is 3.02. The van der Waals surface area contributed by atoms with Gasteiger partial charge in [-0.05, 0) is 24.3 Å². The molecule has 0 heterocycles. The molecule has 0 fully saturated rings. The molecule has 1 rings (SSSR count). The van der Waals surface area contributed by atoms with Crippen molar-refractivity contribution in [3.05, 3.63) is 29.3 Å². The molecule has 0 saturated heterocycles. The minimum Gasteiger partial charge on any atom is -0.252 e. The predicted octanol–water partition coefficient (Wildman–Crippen LogP) is 2.37. The maximum absolute atomic E-state index is 11.8. The molecule has 0 aromatic heterocycles. The molecule has 0 aliphatic carbocycles. The molecule has 0 radical (unpaired) electrons. The van der Waals surface area contributed by atoms with Crippen LogP contribution in [0.3, 0.4) is 0 Å². The summed E-state index contributed by atoms with van der Waals surface area (Å²) >= 11 is 5.57. The monoisotopic (exact) mass is 192 g/mol. The summed E-state index contributed by atoms with van der Waals surface area (Å²) in [7, 11) is -1.52. The zero-order valence-electron chi connectivity index (χ0n) is 5.59. The summed E-state index contributed by atoms with van der Waals surface area (Å²) in [5.41, 5.74) is 0. The van der Waals surface area contributed by atoms with E-state index >= 15 is 0 Å². The highest BCUT2D eigenvalue weighted by Crippen LogP contribution is 2.12. The third-order valence-corrected chi connectivity index (χ3v) is 2.42. The third kappa shape index (κ3) is 2.27. The fraction of sp³-hybridized carbons (Fsp3) is 0.143. The molecule has 1 aromatic carbocycles. The van der Waals surface area contributed by atoms with Crippen molar-refractivity contribution < 1.29 is 8.60 Å². The van der Waals surface area contributed by atoms with E-state index in [1.807, 2.05) is 0 Å². The fourth-order valence-electron chi connectivity index (χ4n) is 0.649. The molecule has 0 aliphatic rings. The van der Waals surface area contributed by atoms with Gasteiger partial charge in [0.1, 0.15) is 0 Å². The van der Waals surface area contributed by atoms with Crippen LogP contribution in [0.4, 0.5) is 4.39 Å². The molecule has 1 atom stereocenters. The van der Waals surface area contributed by atoms with Crippen LogP contribution < -0.4 is 0 Å². The molecule has 0 aliphatic heterocycles. The second kappa shape index (κ2) is 3.83. The van der Waals surface area contributed by atoms with E-state index in [1.165, 1.54) is 0 Å². The number of benzene rings is 1. The van der Waals surface area contributed by atoms with Crippen LogP contribution in [0.5, 0.6) is 0 Å². The zero-order chi connectivity index (χ0) is 8.27. The van der Waals surface area contributed by atoms with Crippen LogP contribution in [0.25, 0.3) is 0 Å². The van der Waals surface area contributed by atoms with E-state index in [0.29, 0.717) is 9.92 Å². The lowest BCUT2D eigenvalue weighted by molar-refractivity contribution is 0.580. The van der Waals surface area contributed by atoms with Crippen molar-refractivity contribution in [3.8, 4) is 0 Å². The van der Waals surface area contributed by atoms with Gasteiger partial charge in [-0.25, -0.2) is 4.39 Å². The van der Waals surface area contributed by atoms with Gasteiger partial charge in [0.2, 0.25) is 0 Å². The summed E-state index contributed by atoms with van der Waals surface area (Å²) in [4.78, 5) is 0.469. The third-order valence-electron chi connectivity index (χ3n) is 1.18. The van der Waals surface area contributed by atoms with E-state index in [1.54, 1.807) is 24.3 Å². The summed E-state index contributed by atoms with van der Waals surface area (Å²) in [6.45, 7) is 0. The molecule has 0 bridgehead atoms. The Morgan fingerprint density at radius 2 is 1.91 bits per heavy atom. The van der Waals surface area contributed by atoms with Crippen molar-refractivity contribution in [1.29, 1.82) is 0 Å². The van der Waals surface area contributed by atoms with Crippen LogP contribution in [0.2, 0.25) is 5.02 Å². The Balaban J connectivity index is 2.90. The lowest BCUT2D eigenvalue weighted by Crippen LogP contribution is -1.91. The molecule has 0 N–H and O–H groups in total. The van der Waals surface area contributed by atoms with Gasteiger partial charge in [-0.3, -0.25) is 4.21 Å². The van der Waals surface area contributed by atoms with Gasteiger partial charge >= 0.3 is 0 Å². The van der Waals surface area contributed by atoms with E-state index in [-0.39, 0.29) is 0 Å². The summed E-state index contributed by atoms with van der Waals surface area (Å²) in [5, 5.41) is 0.560. The lowest BCUT2D eigenvalue weighted by atomic mass is 10.4. The van der Waals surface area contributed by atoms with Gasteiger partial charge in [-0.2, -0.15) is 0 Å². The van der Waals surface area contributed by atoms with Gasteiger partial charge in [0.15, 0.2) is 6.01 Å². The van der Waals surface area contributed by atoms with E-state index in [4.69, 9.17) is 11.6 Å². The summed E-state index contributed by atoms with van der Waals surface area (Å²) in [6.07, 6.45) is 0. The summed E-state index contributed by atoms with van der Waals surface area (Å²) < 4.78 is 22.7. The first-order valence-corrected chi connectivity index (χ1v) is 4.63. The largest absolute Gasteiger partial charge is 0.252 e. The minimum atomic E-state index is -1.52.